The van der Waals surface area contributed by atoms with E-state index in [1.54, 1.807) is 0 Å². The minimum Gasteiger partial charge on any atom is -0.330 e. The fraction of sp³-hybridized carbons (Fsp3) is 0.625. The van der Waals surface area contributed by atoms with Crippen LogP contribution in [0, 0.1) is 10.1 Å². The van der Waals surface area contributed by atoms with Crippen LogP contribution in [0.3, 0.4) is 0 Å². The first kappa shape index (κ1) is 21.5. The molecule has 4 N–H and O–H groups in total. The summed E-state index contributed by atoms with van der Waals surface area (Å²) in [5.74, 6) is 0. The van der Waals surface area contributed by atoms with E-state index >= 15 is 0 Å². The second kappa shape index (κ2) is 11.1. The van der Waals surface area contributed by atoms with Crippen LogP contribution in [0.1, 0.15) is 38.5 Å². The van der Waals surface area contributed by atoms with Crippen molar-refractivity contribution in [3.63, 3.8) is 0 Å². The minimum absolute atomic E-state index is 0.0767. The summed E-state index contributed by atoms with van der Waals surface area (Å²) in [5.41, 5.74) is 10.8. The van der Waals surface area contributed by atoms with Crippen molar-refractivity contribution >= 4 is 15.7 Å². The van der Waals surface area contributed by atoms with Crippen molar-refractivity contribution in [3.05, 3.63) is 34.4 Å². The minimum atomic E-state index is -3.67. The second-order valence-corrected chi connectivity index (χ2v) is 7.79. The Hall–Kier alpha value is -1.55. The maximum Gasteiger partial charge on any atom is 0.269 e. The summed E-state index contributed by atoms with van der Waals surface area (Å²) in [6.45, 7) is 1.98. The highest BCUT2D eigenvalue weighted by Gasteiger charge is 2.24. The maximum atomic E-state index is 12.8. The smallest absolute Gasteiger partial charge is 0.269 e. The fourth-order valence-electron chi connectivity index (χ4n) is 2.46. The SMILES string of the molecule is NCCCCCCN(CCCCN)S(=O)(=O)c1ccc([N+](=O)[O-])cc1. The molecule has 25 heavy (non-hydrogen) atoms. The van der Waals surface area contributed by atoms with Gasteiger partial charge in [0.2, 0.25) is 10.0 Å². The fourth-order valence-corrected chi connectivity index (χ4v) is 3.98. The molecule has 0 saturated carbocycles. The number of non-ortho nitro benzene ring substituents is 1. The zero-order chi connectivity index (χ0) is 18.7. The number of rotatable bonds is 13. The van der Waals surface area contributed by atoms with Crippen molar-refractivity contribution in [2.75, 3.05) is 26.2 Å². The molecule has 8 nitrogen and oxygen atoms in total. The largest absolute Gasteiger partial charge is 0.330 e. The molecular formula is C16H28N4O4S. The second-order valence-electron chi connectivity index (χ2n) is 5.85. The Bertz CT molecular complexity index is 620. The number of hydrogen-bond acceptors (Lipinski definition) is 6. The number of nitro groups is 1. The van der Waals surface area contributed by atoms with E-state index in [1.165, 1.54) is 28.6 Å². The first-order valence-electron chi connectivity index (χ1n) is 8.58. The lowest BCUT2D eigenvalue weighted by atomic mass is 10.2. The summed E-state index contributed by atoms with van der Waals surface area (Å²) in [4.78, 5) is 10.3. The third-order valence-electron chi connectivity index (χ3n) is 3.91. The van der Waals surface area contributed by atoms with E-state index in [9.17, 15) is 18.5 Å². The van der Waals surface area contributed by atoms with Crippen LogP contribution in [0.15, 0.2) is 29.2 Å². The molecule has 0 atom stereocenters. The number of nitrogens with two attached hydrogens (primary N) is 2. The molecule has 0 aliphatic carbocycles. The quantitative estimate of drug-likeness (QED) is 0.308. The molecule has 0 spiro atoms. The van der Waals surface area contributed by atoms with Crippen molar-refractivity contribution in [1.29, 1.82) is 0 Å². The molecule has 0 fully saturated rings. The predicted octanol–water partition coefficient (Wildman–Crippen LogP) is 1.84. The van der Waals surface area contributed by atoms with Crippen LogP contribution >= 0.6 is 0 Å². The molecule has 0 saturated heterocycles. The molecule has 0 aliphatic rings. The number of sulfonamides is 1. The Morgan fingerprint density at radius 1 is 0.880 bits per heavy atom. The first-order valence-corrected chi connectivity index (χ1v) is 10.0. The Balaban J connectivity index is 2.82. The van der Waals surface area contributed by atoms with Gasteiger partial charge in [-0.1, -0.05) is 12.8 Å². The van der Waals surface area contributed by atoms with Crippen LogP contribution < -0.4 is 11.5 Å². The van der Waals surface area contributed by atoms with Gasteiger partial charge in [0, 0.05) is 25.2 Å². The zero-order valence-electron chi connectivity index (χ0n) is 14.5. The molecule has 0 bridgehead atoms. The van der Waals surface area contributed by atoms with Gasteiger partial charge in [-0.15, -0.1) is 0 Å². The van der Waals surface area contributed by atoms with Gasteiger partial charge in [-0.2, -0.15) is 4.31 Å². The highest BCUT2D eigenvalue weighted by Crippen LogP contribution is 2.20. The number of nitrogens with zero attached hydrogens (tertiary/aromatic N) is 2. The molecular weight excluding hydrogens is 344 g/mol. The van der Waals surface area contributed by atoms with Gasteiger partial charge in [0.1, 0.15) is 0 Å². The van der Waals surface area contributed by atoms with Crippen molar-refractivity contribution in [3.8, 4) is 0 Å². The highest BCUT2D eigenvalue weighted by molar-refractivity contribution is 7.89. The van der Waals surface area contributed by atoms with E-state index in [0.717, 1.165) is 32.1 Å². The molecule has 142 valence electrons. The molecule has 0 radical (unpaired) electrons. The standard InChI is InChI=1S/C16H28N4O4S/c17-11-3-1-2-5-13-19(14-6-4-12-18)25(23,24)16-9-7-15(8-10-16)20(21)22/h7-10H,1-6,11-14,17-18H2. The van der Waals surface area contributed by atoms with Crippen molar-refractivity contribution in [2.45, 2.75) is 43.4 Å². The average molecular weight is 372 g/mol. The van der Waals surface area contributed by atoms with Crippen LogP contribution in [0.5, 0.6) is 0 Å². The highest BCUT2D eigenvalue weighted by atomic mass is 32.2. The van der Waals surface area contributed by atoms with E-state index in [0.29, 0.717) is 32.6 Å². The Kier molecular flexibility index (Phi) is 9.58. The van der Waals surface area contributed by atoms with E-state index in [4.69, 9.17) is 11.5 Å². The van der Waals surface area contributed by atoms with Gasteiger partial charge in [-0.3, -0.25) is 10.1 Å². The molecule has 0 heterocycles. The Labute approximate surface area is 149 Å². The molecule has 9 heteroatoms. The molecule has 0 amide bonds. The predicted molar refractivity (Wildman–Crippen MR) is 97.7 cm³/mol. The van der Waals surface area contributed by atoms with Crippen molar-refractivity contribution in [1.82, 2.24) is 4.31 Å². The number of unbranched alkanes of at least 4 members (excludes halogenated alkanes) is 4. The van der Waals surface area contributed by atoms with E-state index in [1.807, 2.05) is 0 Å². The normalized spacial score (nSPS) is 11.8. The number of nitro benzene ring substituents is 1. The summed E-state index contributed by atoms with van der Waals surface area (Å²) < 4.78 is 27.1. The van der Waals surface area contributed by atoms with Crippen LogP contribution in [-0.2, 0) is 10.0 Å². The summed E-state index contributed by atoms with van der Waals surface area (Å²) in [6.07, 6.45) is 5.02. The number of hydrogen-bond donors (Lipinski definition) is 2. The lowest BCUT2D eigenvalue weighted by Gasteiger charge is -2.22. The van der Waals surface area contributed by atoms with Gasteiger partial charge in [-0.25, -0.2) is 8.42 Å². The van der Waals surface area contributed by atoms with Gasteiger partial charge >= 0.3 is 0 Å². The van der Waals surface area contributed by atoms with Gasteiger partial charge in [0.05, 0.1) is 9.82 Å². The van der Waals surface area contributed by atoms with Crippen LogP contribution in [0.2, 0.25) is 0 Å². The summed E-state index contributed by atoms with van der Waals surface area (Å²) >= 11 is 0. The monoisotopic (exact) mass is 372 g/mol. The van der Waals surface area contributed by atoms with E-state index in [2.05, 4.69) is 0 Å². The van der Waals surface area contributed by atoms with Gasteiger partial charge in [0.15, 0.2) is 0 Å². The van der Waals surface area contributed by atoms with E-state index in [-0.39, 0.29) is 10.6 Å². The van der Waals surface area contributed by atoms with Gasteiger partial charge in [-0.05, 0) is 50.9 Å². The lowest BCUT2D eigenvalue weighted by molar-refractivity contribution is -0.384. The van der Waals surface area contributed by atoms with Crippen LogP contribution in [-0.4, -0.2) is 43.8 Å². The average Bonchev–Trinajstić information content (AvgIpc) is 2.60. The molecule has 0 unspecified atom stereocenters. The van der Waals surface area contributed by atoms with Gasteiger partial charge in [0.25, 0.3) is 5.69 Å². The van der Waals surface area contributed by atoms with Gasteiger partial charge < -0.3 is 11.5 Å². The maximum absolute atomic E-state index is 12.8. The summed E-state index contributed by atoms with van der Waals surface area (Å²) in [6, 6.07) is 5.01. The molecule has 0 aromatic heterocycles. The molecule has 1 rings (SSSR count). The Morgan fingerprint density at radius 3 is 1.88 bits per heavy atom. The summed E-state index contributed by atoms with van der Waals surface area (Å²) in [7, 11) is -3.67. The third kappa shape index (κ3) is 7.07. The zero-order valence-corrected chi connectivity index (χ0v) is 15.3. The molecule has 1 aromatic carbocycles. The van der Waals surface area contributed by atoms with Crippen LogP contribution in [0.4, 0.5) is 5.69 Å². The molecule has 0 aliphatic heterocycles. The Morgan fingerprint density at radius 2 is 1.36 bits per heavy atom. The number of benzene rings is 1. The third-order valence-corrected chi connectivity index (χ3v) is 5.82. The van der Waals surface area contributed by atoms with Crippen molar-refractivity contribution < 1.29 is 13.3 Å². The topological polar surface area (TPSA) is 133 Å². The summed E-state index contributed by atoms with van der Waals surface area (Å²) in [5, 5.41) is 10.7. The first-order chi connectivity index (χ1) is 11.9. The van der Waals surface area contributed by atoms with Crippen molar-refractivity contribution in [2.24, 2.45) is 11.5 Å². The molecule has 1 aromatic rings. The van der Waals surface area contributed by atoms with Crippen LogP contribution in [0.25, 0.3) is 0 Å². The lowest BCUT2D eigenvalue weighted by Crippen LogP contribution is -2.33. The van der Waals surface area contributed by atoms with E-state index < -0.39 is 14.9 Å².